The smallest absolute Gasteiger partial charge is 0.246 e. The van der Waals surface area contributed by atoms with Crippen LogP contribution in [0.3, 0.4) is 0 Å². The number of hydrogen-bond acceptors (Lipinski definition) is 4. The number of amides is 2. The molecular formula is C31H32N2O4. The van der Waals surface area contributed by atoms with Crippen LogP contribution in [0.5, 0.6) is 11.5 Å². The first-order valence-corrected chi connectivity index (χ1v) is 13.3. The van der Waals surface area contributed by atoms with Gasteiger partial charge in [-0.1, -0.05) is 86.0 Å². The van der Waals surface area contributed by atoms with Gasteiger partial charge in [0.1, 0.15) is 5.54 Å². The third kappa shape index (κ3) is 4.45. The van der Waals surface area contributed by atoms with Gasteiger partial charge in [-0.2, -0.15) is 0 Å². The van der Waals surface area contributed by atoms with E-state index in [9.17, 15) is 9.59 Å². The standard InChI is InChI=1S/C31H32N2O4/c34-29-20-26(24-14-15-27-28(19-24)37-21-36-27)33(29)31(16-8-3-9-17-31)30(35)32-25(23-12-6-2-7-13-23)18-22-10-4-1-5-11-22/h1-2,4-7,10-15,19,25-26H,3,8-9,16-18,20-21H2,(H,32,35). The van der Waals surface area contributed by atoms with Crippen molar-refractivity contribution in [3.05, 3.63) is 95.6 Å². The van der Waals surface area contributed by atoms with Crippen molar-refractivity contribution < 1.29 is 19.1 Å². The predicted octanol–water partition coefficient (Wildman–Crippen LogP) is 5.49. The molecule has 190 valence electrons. The molecule has 2 fully saturated rings. The van der Waals surface area contributed by atoms with Crippen LogP contribution in [0.1, 0.15) is 67.3 Å². The quantitative estimate of drug-likeness (QED) is 0.439. The summed E-state index contributed by atoms with van der Waals surface area (Å²) < 4.78 is 11.1. The summed E-state index contributed by atoms with van der Waals surface area (Å²) in [5.74, 6) is 1.42. The van der Waals surface area contributed by atoms with Crippen LogP contribution < -0.4 is 14.8 Å². The maximum atomic E-state index is 14.3. The third-order valence-corrected chi connectivity index (χ3v) is 8.08. The van der Waals surface area contributed by atoms with Gasteiger partial charge >= 0.3 is 0 Å². The highest BCUT2D eigenvalue weighted by Crippen LogP contribution is 2.48. The Morgan fingerprint density at radius 1 is 0.919 bits per heavy atom. The Bertz CT molecular complexity index is 1270. The average Bonchev–Trinajstić information content (AvgIpc) is 3.41. The van der Waals surface area contributed by atoms with Gasteiger partial charge in [-0.05, 0) is 48.1 Å². The van der Waals surface area contributed by atoms with Gasteiger partial charge in [-0.3, -0.25) is 9.59 Å². The number of hydrogen-bond donors (Lipinski definition) is 1. The van der Waals surface area contributed by atoms with E-state index in [4.69, 9.17) is 9.47 Å². The molecule has 2 aliphatic heterocycles. The Kier molecular flexibility index (Phi) is 6.33. The van der Waals surface area contributed by atoms with E-state index in [1.165, 1.54) is 0 Å². The number of benzene rings is 3. The second-order valence-corrected chi connectivity index (χ2v) is 10.3. The Morgan fingerprint density at radius 2 is 1.62 bits per heavy atom. The molecule has 3 aromatic rings. The topological polar surface area (TPSA) is 67.9 Å². The minimum atomic E-state index is -0.849. The number of carbonyl (C=O) groups is 2. The fraction of sp³-hybridized carbons (Fsp3) is 0.355. The summed E-state index contributed by atoms with van der Waals surface area (Å²) in [6.45, 7) is 0.209. The zero-order valence-corrected chi connectivity index (χ0v) is 20.9. The Balaban J connectivity index is 1.31. The van der Waals surface area contributed by atoms with Crippen molar-refractivity contribution in [2.45, 2.75) is 62.6 Å². The van der Waals surface area contributed by atoms with Gasteiger partial charge in [0.2, 0.25) is 18.6 Å². The fourth-order valence-electron chi connectivity index (χ4n) is 6.13. The molecule has 3 aromatic carbocycles. The van der Waals surface area contributed by atoms with Crippen molar-refractivity contribution in [2.24, 2.45) is 0 Å². The first-order valence-electron chi connectivity index (χ1n) is 13.3. The van der Waals surface area contributed by atoms with Gasteiger partial charge in [0.05, 0.1) is 18.5 Å². The van der Waals surface area contributed by atoms with Crippen LogP contribution in [0.25, 0.3) is 0 Å². The summed E-state index contributed by atoms with van der Waals surface area (Å²) in [6, 6.07) is 25.9. The summed E-state index contributed by atoms with van der Waals surface area (Å²) in [7, 11) is 0. The van der Waals surface area contributed by atoms with Gasteiger partial charge in [-0.25, -0.2) is 0 Å². The normalized spacial score (nSPS) is 20.7. The lowest BCUT2D eigenvalue weighted by atomic mass is 9.74. The number of nitrogens with one attached hydrogen (secondary N) is 1. The molecule has 0 aromatic heterocycles. The molecule has 6 nitrogen and oxygen atoms in total. The second-order valence-electron chi connectivity index (χ2n) is 10.3. The molecule has 2 amide bonds. The van der Waals surface area contributed by atoms with Gasteiger partial charge < -0.3 is 19.7 Å². The molecule has 0 bridgehead atoms. The van der Waals surface area contributed by atoms with Gasteiger partial charge in [0, 0.05) is 0 Å². The molecule has 2 unspecified atom stereocenters. The van der Waals surface area contributed by atoms with Crippen molar-refractivity contribution in [1.82, 2.24) is 10.2 Å². The SMILES string of the molecule is O=C1CC(c2ccc3c(c2)OCO3)N1C1(C(=O)NC(Cc2ccccc2)c2ccccc2)CCCCC1. The summed E-state index contributed by atoms with van der Waals surface area (Å²) in [6.07, 6.45) is 5.39. The zero-order chi connectivity index (χ0) is 25.2. The molecule has 6 rings (SSSR count). The van der Waals surface area contributed by atoms with E-state index in [1.54, 1.807) is 0 Å². The molecule has 1 saturated carbocycles. The predicted molar refractivity (Wildman–Crippen MR) is 140 cm³/mol. The van der Waals surface area contributed by atoms with E-state index in [2.05, 4.69) is 29.6 Å². The van der Waals surface area contributed by atoms with Crippen molar-refractivity contribution in [3.8, 4) is 11.5 Å². The van der Waals surface area contributed by atoms with E-state index in [0.717, 1.165) is 41.7 Å². The van der Waals surface area contributed by atoms with Gasteiger partial charge in [0.15, 0.2) is 11.5 Å². The number of β-lactam (4-membered cyclic amide) rings is 1. The van der Waals surface area contributed by atoms with Crippen LogP contribution in [0.2, 0.25) is 0 Å². The maximum absolute atomic E-state index is 14.3. The molecule has 1 saturated heterocycles. The third-order valence-electron chi connectivity index (χ3n) is 8.08. The fourth-order valence-corrected chi connectivity index (χ4v) is 6.13. The van der Waals surface area contributed by atoms with Crippen LogP contribution in [-0.2, 0) is 16.0 Å². The molecule has 2 heterocycles. The minimum absolute atomic E-state index is 0.0408. The van der Waals surface area contributed by atoms with Crippen LogP contribution in [0, 0.1) is 0 Å². The average molecular weight is 497 g/mol. The van der Waals surface area contributed by atoms with Crippen LogP contribution >= 0.6 is 0 Å². The summed E-state index contributed by atoms with van der Waals surface area (Å²) in [5, 5.41) is 3.40. The number of likely N-dealkylation sites (tertiary alicyclic amines) is 1. The largest absolute Gasteiger partial charge is 0.454 e. The second kappa shape index (κ2) is 9.92. The highest BCUT2D eigenvalue weighted by Gasteiger charge is 2.55. The molecule has 37 heavy (non-hydrogen) atoms. The summed E-state index contributed by atoms with van der Waals surface area (Å²) in [5.41, 5.74) is 2.37. The molecular weight excluding hydrogens is 464 g/mol. The Labute approximate surface area is 217 Å². The van der Waals surface area contributed by atoms with E-state index in [-0.39, 0.29) is 30.7 Å². The number of ether oxygens (including phenoxy) is 2. The maximum Gasteiger partial charge on any atom is 0.246 e. The van der Waals surface area contributed by atoms with Crippen molar-refractivity contribution in [2.75, 3.05) is 6.79 Å². The monoisotopic (exact) mass is 496 g/mol. The number of rotatable bonds is 7. The van der Waals surface area contributed by atoms with Crippen molar-refractivity contribution in [3.63, 3.8) is 0 Å². The molecule has 6 heteroatoms. The van der Waals surface area contributed by atoms with E-state index >= 15 is 0 Å². The molecule has 3 aliphatic rings. The molecule has 1 aliphatic carbocycles. The molecule has 2 atom stereocenters. The van der Waals surface area contributed by atoms with Gasteiger partial charge in [-0.15, -0.1) is 0 Å². The highest BCUT2D eigenvalue weighted by atomic mass is 16.7. The number of nitrogens with zero attached hydrogens (tertiary/aromatic N) is 1. The van der Waals surface area contributed by atoms with Crippen LogP contribution in [0.15, 0.2) is 78.9 Å². The highest BCUT2D eigenvalue weighted by molar-refractivity contribution is 5.95. The van der Waals surface area contributed by atoms with Crippen LogP contribution in [0.4, 0.5) is 0 Å². The zero-order valence-electron chi connectivity index (χ0n) is 20.9. The Hall–Kier alpha value is -3.80. The van der Waals surface area contributed by atoms with Crippen LogP contribution in [-0.4, -0.2) is 29.0 Å². The first-order chi connectivity index (χ1) is 18.1. The van der Waals surface area contributed by atoms with E-state index in [1.807, 2.05) is 59.5 Å². The lowest BCUT2D eigenvalue weighted by Gasteiger charge is -2.54. The minimum Gasteiger partial charge on any atom is -0.454 e. The van der Waals surface area contributed by atoms with Gasteiger partial charge in [0.25, 0.3) is 0 Å². The van der Waals surface area contributed by atoms with E-state index in [0.29, 0.717) is 31.4 Å². The summed E-state index contributed by atoms with van der Waals surface area (Å²) >= 11 is 0. The lowest BCUT2D eigenvalue weighted by Crippen LogP contribution is -2.67. The Morgan fingerprint density at radius 3 is 2.35 bits per heavy atom. The summed E-state index contributed by atoms with van der Waals surface area (Å²) in [4.78, 5) is 29.4. The van der Waals surface area contributed by atoms with Crippen molar-refractivity contribution in [1.29, 1.82) is 0 Å². The number of carbonyl (C=O) groups excluding carboxylic acids is 2. The van der Waals surface area contributed by atoms with E-state index < -0.39 is 5.54 Å². The number of fused-ring (bicyclic) bond motifs is 1. The molecule has 0 radical (unpaired) electrons. The van der Waals surface area contributed by atoms with Crippen molar-refractivity contribution >= 4 is 11.8 Å². The molecule has 1 N–H and O–H groups in total. The first kappa shape index (κ1) is 23.6. The molecule has 0 spiro atoms. The lowest BCUT2D eigenvalue weighted by molar-refractivity contribution is -0.168.